The molecule has 0 atom stereocenters. The Labute approximate surface area is 173 Å². The number of imide groups is 1. The van der Waals surface area contributed by atoms with E-state index in [1.54, 1.807) is 61.7 Å². The van der Waals surface area contributed by atoms with Crippen LogP contribution in [-0.2, 0) is 4.79 Å². The van der Waals surface area contributed by atoms with Gasteiger partial charge in [0.2, 0.25) is 0 Å². The second kappa shape index (κ2) is 8.05. The molecule has 0 bridgehead atoms. The molecule has 6 heteroatoms. The largest absolute Gasteiger partial charge is 0.457 e. The lowest BCUT2D eigenvalue weighted by atomic mass is 10.1. The van der Waals surface area contributed by atoms with Gasteiger partial charge in [0.15, 0.2) is 0 Å². The predicted octanol–water partition coefficient (Wildman–Crippen LogP) is 4.73. The van der Waals surface area contributed by atoms with E-state index in [-0.39, 0.29) is 5.70 Å². The quantitative estimate of drug-likeness (QED) is 0.354. The Bertz CT molecular complexity index is 1120. The van der Waals surface area contributed by atoms with Crippen LogP contribution in [0.5, 0.6) is 11.5 Å². The van der Waals surface area contributed by atoms with Crippen molar-refractivity contribution in [1.29, 1.82) is 0 Å². The molecule has 0 N–H and O–H groups in total. The van der Waals surface area contributed by atoms with Crippen LogP contribution in [0, 0.1) is 0 Å². The van der Waals surface area contributed by atoms with Gasteiger partial charge in [-0.05, 0) is 48.0 Å². The molecule has 1 aliphatic heterocycles. The van der Waals surface area contributed by atoms with E-state index in [2.05, 4.69) is 0 Å². The molecule has 1 heterocycles. The number of anilines is 1. The molecule has 1 saturated heterocycles. The number of nitrogens with zero attached hydrogens (tertiary/aromatic N) is 2. The molecule has 0 saturated carbocycles. The van der Waals surface area contributed by atoms with Crippen molar-refractivity contribution in [2.24, 2.45) is 0 Å². The summed E-state index contributed by atoms with van der Waals surface area (Å²) in [5.74, 6) is 0.881. The summed E-state index contributed by atoms with van der Waals surface area (Å²) in [6, 6.07) is 22.4. The van der Waals surface area contributed by atoms with Gasteiger partial charge in [-0.2, -0.15) is 0 Å². The van der Waals surface area contributed by atoms with Gasteiger partial charge in [0, 0.05) is 12.6 Å². The minimum Gasteiger partial charge on any atom is -0.457 e. The van der Waals surface area contributed by atoms with Gasteiger partial charge in [0.1, 0.15) is 23.5 Å². The van der Waals surface area contributed by atoms with E-state index in [1.165, 1.54) is 4.90 Å². The molecule has 3 aromatic rings. The van der Waals surface area contributed by atoms with Crippen LogP contribution in [-0.4, -0.2) is 30.2 Å². The fraction of sp³-hybridized carbons (Fsp3) is 0.0417. The van der Waals surface area contributed by atoms with Gasteiger partial charge in [-0.1, -0.05) is 42.5 Å². The van der Waals surface area contributed by atoms with Crippen molar-refractivity contribution in [3.8, 4) is 11.5 Å². The molecular weight excluding hydrogens is 380 g/mol. The topological polar surface area (TPSA) is 66.9 Å². The van der Waals surface area contributed by atoms with Gasteiger partial charge < -0.3 is 4.74 Å². The maximum atomic E-state index is 12.9. The van der Waals surface area contributed by atoms with E-state index in [0.29, 0.717) is 22.7 Å². The molecule has 6 nitrogen and oxygen atoms in total. The minimum absolute atomic E-state index is 0.253. The second-order valence-corrected chi connectivity index (χ2v) is 6.71. The van der Waals surface area contributed by atoms with E-state index >= 15 is 0 Å². The average Bonchev–Trinajstić information content (AvgIpc) is 2.99. The Hall–Kier alpha value is -4.19. The molecule has 0 spiro atoms. The molecule has 1 aliphatic rings. The first kappa shape index (κ1) is 19.1. The number of para-hydroxylation sites is 1. The van der Waals surface area contributed by atoms with Gasteiger partial charge in [-0.25, -0.2) is 9.69 Å². The summed E-state index contributed by atoms with van der Waals surface area (Å²) in [6.45, 7) is 0. The molecule has 30 heavy (non-hydrogen) atoms. The molecule has 3 amide bonds. The second-order valence-electron chi connectivity index (χ2n) is 6.71. The lowest BCUT2D eigenvalue weighted by Crippen LogP contribution is -2.31. The summed E-state index contributed by atoms with van der Waals surface area (Å²) < 4.78 is 5.75. The van der Waals surface area contributed by atoms with E-state index in [4.69, 9.17) is 4.74 Å². The van der Waals surface area contributed by atoms with Crippen molar-refractivity contribution in [1.82, 2.24) is 4.90 Å². The highest BCUT2D eigenvalue weighted by atomic mass is 16.5. The number of carbonyl (C=O) groups excluding carboxylic acids is 3. The minimum atomic E-state index is -0.438. The smallest absolute Gasteiger partial charge is 0.336 e. The van der Waals surface area contributed by atoms with E-state index < -0.39 is 11.9 Å². The standard InChI is InChI=1S/C24H18N2O4/c1-25-22(15-17-7-9-18(16-27)10-8-17)23(28)26(24(25)29)19-11-13-21(14-12-19)30-20-5-3-2-4-6-20/h2-16H,1H3. The molecule has 0 unspecified atom stereocenters. The van der Waals surface area contributed by atoms with Crippen molar-refractivity contribution in [3.05, 3.63) is 95.7 Å². The van der Waals surface area contributed by atoms with Crippen LogP contribution in [0.15, 0.2) is 84.6 Å². The summed E-state index contributed by atoms with van der Waals surface area (Å²) in [5.41, 5.74) is 1.97. The summed E-state index contributed by atoms with van der Waals surface area (Å²) >= 11 is 0. The number of benzene rings is 3. The van der Waals surface area contributed by atoms with Gasteiger partial charge in [0.25, 0.3) is 5.91 Å². The van der Waals surface area contributed by atoms with Crippen molar-refractivity contribution in [2.75, 3.05) is 11.9 Å². The maximum absolute atomic E-state index is 12.9. The summed E-state index contributed by atoms with van der Waals surface area (Å²) in [7, 11) is 1.55. The third kappa shape index (κ3) is 3.71. The van der Waals surface area contributed by atoms with Gasteiger partial charge in [-0.3, -0.25) is 14.5 Å². The fourth-order valence-electron chi connectivity index (χ4n) is 3.10. The van der Waals surface area contributed by atoms with E-state index in [9.17, 15) is 14.4 Å². The number of hydrogen-bond acceptors (Lipinski definition) is 4. The molecule has 0 aromatic heterocycles. The number of urea groups is 1. The van der Waals surface area contributed by atoms with Crippen molar-refractivity contribution in [3.63, 3.8) is 0 Å². The zero-order chi connectivity index (χ0) is 21.1. The van der Waals surface area contributed by atoms with Crippen LogP contribution >= 0.6 is 0 Å². The molecular formula is C24H18N2O4. The summed E-state index contributed by atoms with van der Waals surface area (Å²) in [5, 5.41) is 0. The van der Waals surface area contributed by atoms with Gasteiger partial charge >= 0.3 is 6.03 Å². The number of ether oxygens (including phenoxy) is 1. The Morgan fingerprint density at radius 2 is 1.37 bits per heavy atom. The lowest BCUT2D eigenvalue weighted by Gasteiger charge is -2.14. The molecule has 4 rings (SSSR count). The van der Waals surface area contributed by atoms with Crippen LogP contribution in [0.1, 0.15) is 15.9 Å². The zero-order valence-corrected chi connectivity index (χ0v) is 16.2. The first-order valence-electron chi connectivity index (χ1n) is 9.29. The number of aldehydes is 1. The molecule has 148 valence electrons. The monoisotopic (exact) mass is 398 g/mol. The maximum Gasteiger partial charge on any atom is 0.336 e. The normalized spacial score (nSPS) is 15.0. The highest BCUT2D eigenvalue weighted by Gasteiger charge is 2.39. The Balaban J connectivity index is 1.57. The van der Waals surface area contributed by atoms with Crippen LogP contribution < -0.4 is 9.64 Å². The molecule has 3 aromatic carbocycles. The van der Waals surface area contributed by atoms with Crippen LogP contribution in [0.4, 0.5) is 10.5 Å². The average molecular weight is 398 g/mol. The predicted molar refractivity (Wildman–Crippen MR) is 113 cm³/mol. The number of amides is 3. The first-order valence-corrected chi connectivity index (χ1v) is 9.29. The SMILES string of the molecule is CN1C(=O)N(c2ccc(Oc3ccccc3)cc2)C(=O)C1=Cc1ccc(C=O)cc1. The number of likely N-dealkylation sites (N-methyl/N-ethyl adjacent to an activating group) is 1. The Kier molecular flexibility index (Phi) is 5.13. The van der Waals surface area contributed by atoms with E-state index in [1.807, 2.05) is 30.3 Å². The van der Waals surface area contributed by atoms with Gasteiger partial charge in [0.05, 0.1) is 5.69 Å². The van der Waals surface area contributed by atoms with Gasteiger partial charge in [-0.15, -0.1) is 0 Å². The van der Waals surface area contributed by atoms with Crippen molar-refractivity contribution in [2.45, 2.75) is 0 Å². The lowest BCUT2D eigenvalue weighted by molar-refractivity contribution is -0.114. The number of rotatable bonds is 5. The number of carbonyl (C=O) groups is 3. The van der Waals surface area contributed by atoms with Crippen LogP contribution in [0.2, 0.25) is 0 Å². The summed E-state index contributed by atoms with van der Waals surface area (Å²) in [4.78, 5) is 38.9. The number of hydrogen-bond donors (Lipinski definition) is 0. The van der Waals surface area contributed by atoms with Crippen molar-refractivity contribution < 1.29 is 19.1 Å². The zero-order valence-electron chi connectivity index (χ0n) is 16.2. The highest BCUT2D eigenvalue weighted by molar-refractivity contribution is 6.28. The molecule has 0 aliphatic carbocycles. The molecule has 1 fully saturated rings. The molecule has 0 radical (unpaired) electrons. The third-order valence-corrected chi connectivity index (χ3v) is 4.71. The Morgan fingerprint density at radius 3 is 2.00 bits per heavy atom. The summed E-state index contributed by atoms with van der Waals surface area (Å²) in [6.07, 6.45) is 2.38. The van der Waals surface area contributed by atoms with Crippen LogP contribution in [0.3, 0.4) is 0 Å². The highest BCUT2D eigenvalue weighted by Crippen LogP contribution is 2.30. The van der Waals surface area contributed by atoms with E-state index in [0.717, 1.165) is 16.7 Å². The fourth-order valence-corrected chi connectivity index (χ4v) is 3.10. The first-order chi connectivity index (χ1) is 14.6. The van der Waals surface area contributed by atoms with Crippen LogP contribution in [0.25, 0.3) is 6.08 Å². The van der Waals surface area contributed by atoms with Crippen molar-refractivity contribution >= 4 is 30.0 Å². The third-order valence-electron chi connectivity index (χ3n) is 4.71. The Morgan fingerprint density at radius 1 is 0.767 bits per heavy atom.